The van der Waals surface area contributed by atoms with Gasteiger partial charge in [0.15, 0.2) is 0 Å². The lowest BCUT2D eigenvalue weighted by Gasteiger charge is -2.12. The summed E-state index contributed by atoms with van der Waals surface area (Å²) in [7, 11) is 0. The molecule has 0 heterocycles. The molecule has 2 aromatic carbocycles. The van der Waals surface area contributed by atoms with Gasteiger partial charge >= 0.3 is 6.61 Å². The van der Waals surface area contributed by atoms with Crippen molar-refractivity contribution in [2.45, 2.75) is 13.0 Å². The van der Waals surface area contributed by atoms with Gasteiger partial charge in [0.25, 0.3) is 0 Å². The van der Waals surface area contributed by atoms with E-state index in [9.17, 15) is 8.78 Å². The van der Waals surface area contributed by atoms with Crippen LogP contribution < -0.4 is 10.5 Å². The summed E-state index contributed by atoms with van der Waals surface area (Å²) in [5.41, 5.74) is 6.25. The fourth-order valence-electron chi connectivity index (χ4n) is 1.92. The Morgan fingerprint density at radius 2 is 1.88 bits per heavy atom. The first-order valence-corrected chi connectivity index (χ1v) is 5.38. The van der Waals surface area contributed by atoms with Crippen LogP contribution in [0, 0.1) is 0 Å². The predicted molar refractivity (Wildman–Crippen MR) is 63.3 cm³/mol. The van der Waals surface area contributed by atoms with Crippen LogP contribution in [0.15, 0.2) is 36.4 Å². The van der Waals surface area contributed by atoms with Crippen LogP contribution in [-0.2, 0) is 6.42 Å². The molecule has 0 atom stereocenters. The van der Waals surface area contributed by atoms with Crippen molar-refractivity contribution in [3.05, 3.63) is 42.0 Å². The van der Waals surface area contributed by atoms with Crippen molar-refractivity contribution in [1.82, 2.24) is 0 Å². The molecule has 0 saturated carbocycles. The van der Waals surface area contributed by atoms with Gasteiger partial charge < -0.3 is 10.5 Å². The van der Waals surface area contributed by atoms with Gasteiger partial charge in [0.2, 0.25) is 0 Å². The molecule has 2 nitrogen and oxygen atoms in total. The molecule has 17 heavy (non-hydrogen) atoms. The van der Waals surface area contributed by atoms with Crippen LogP contribution in [-0.4, -0.2) is 13.2 Å². The van der Waals surface area contributed by atoms with Crippen LogP contribution in [0.3, 0.4) is 0 Å². The summed E-state index contributed by atoms with van der Waals surface area (Å²) in [6.07, 6.45) is 0.517. The summed E-state index contributed by atoms with van der Waals surface area (Å²) in [6.45, 7) is -2.42. The van der Waals surface area contributed by atoms with Crippen LogP contribution >= 0.6 is 0 Å². The Labute approximate surface area is 98.0 Å². The Kier molecular flexibility index (Phi) is 3.54. The molecule has 2 aromatic rings. The molecule has 0 aliphatic heterocycles. The maximum atomic E-state index is 12.3. The minimum atomic E-state index is -2.81. The van der Waals surface area contributed by atoms with E-state index in [2.05, 4.69) is 4.74 Å². The van der Waals surface area contributed by atoms with Crippen LogP contribution in [0.2, 0.25) is 0 Å². The summed E-state index contributed by atoms with van der Waals surface area (Å²) >= 11 is 0. The van der Waals surface area contributed by atoms with Gasteiger partial charge in [0.1, 0.15) is 5.75 Å². The molecule has 0 bridgehead atoms. The highest BCUT2D eigenvalue weighted by atomic mass is 19.3. The molecular weight excluding hydrogens is 224 g/mol. The minimum absolute atomic E-state index is 0.212. The zero-order valence-corrected chi connectivity index (χ0v) is 9.20. The second-order valence-electron chi connectivity index (χ2n) is 3.68. The third kappa shape index (κ3) is 2.53. The SMILES string of the molecule is NCCc1c(OC(F)F)ccc2ccccc12. The largest absolute Gasteiger partial charge is 0.435 e. The first-order valence-electron chi connectivity index (χ1n) is 5.38. The van der Waals surface area contributed by atoms with Crippen molar-refractivity contribution in [1.29, 1.82) is 0 Å². The van der Waals surface area contributed by atoms with Crippen LogP contribution in [0.4, 0.5) is 8.78 Å². The van der Waals surface area contributed by atoms with Gasteiger partial charge in [-0.25, -0.2) is 0 Å². The smallest absolute Gasteiger partial charge is 0.387 e. The first kappa shape index (κ1) is 11.8. The second-order valence-corrected chi connectivity index (χ2v) is 3.68. The van der Waals surface area contributed by atoms with Gasteiger partial charge in [0, 0.05) is 5.56 Å². The van der Waals surface area contributed by atoms with Crippen LogP contribution in [0.1, 0.15) is 5.56 Å². The first-order chi connectivity index (χ1) is 8.22. The Bertz CT molecular complexity index is 514. The lowest BCUT2D eigenvalue weighted by atomic mass is 10.0. The lowest BCUT2D eigenvalue weighted by Crippen LogP contribution is -2.08. The number of hydrogen-bond acceptors (Lipinski definition) is 2. The van der Waals surface area contributed by atoms with Gasteiger partial charge in [-0.15, -0.1) is 0 Å². The molecule has 2 rings (SSSR count). The van der Waals surface area contributed by atoms with Gasteiger partial charge in [-0.3, -0.25) is 0 Å². The maximum Gasteiger partial charge on any atom is 0.387 e. The van der Waals surface area contributed by atoms with Gasteiger partial charge in [-0.05, 0) is 29.8 Å². The molecule has 0 aliphatic carbocycles. The van der Waals surface area contributed by atoms with Gasteiger partial charge in [0.05, 0.1) is 0 Å². The number of alkyl halides is 2. The lowest BCUT2D eigenvalue weighted by molar-refractivity contribution is -0.0503. The molecule has 0 unspecified atom stereocenters. The highest BCUT2D eigenvalue weighted by molar-refractivity contribution is 5.87. The Hall–Kier alpha value is -1.68. The van der Waals surface area contributed by atoms with E-state index in [0.717, 1.165) is 16.3 Å². The van der Waals surface area contributed by atoms with Crippen LogP contribution in [0.25, 0.3) is 10.8 Å². The van der Waals surface area contributed by atoms with Crippen molar-refractivity contribution >= 4 is 10.8 Å². The minimum Gasteiger partial charge on any atom is -0.435 e. The van der Waals surface area contributed by atoms with Gasteiger partial charge in [-0.1, -0.05) is 30.3 Å². The molecule has 0 amide bonds. The fraction of sp³-hybridized carbons (Fsp3) is 0.231. The van der Waals surface area contributed by atoms with Crippen molar-refractivity contribution in [3.63, 3.8) is 0 Å². The summed E-state index contributed by atoms with van der Waals surface area (Å²) < 4.78 is 29.1. The number of ether oxygens (including phenoxy) is 1. The van der Waals surface area contributed by atoms with Crippen LogP contribution in [0.5, 0.6) is 5.75 Å². The van der Waals surface area contributed by atoms with Crippen molar-refractivity contribution in [2.24, 2.45) is 5.73 Å². The molecule has 0 spiro atoms. The van der Waals surface area contributed by atoms with E-state index < -0.39 is 6.61 Å². The number of halogens is 2. The van der Waals surface area contributed by atoms with Gasteiger partial charge in [-0.2, -0.15) is 8.78 Å². The summed E-state index contributed by atoms with van der Waals surface area (Å²) in [6, 6.07) is 10.9. The molecule has 0 aromatic heterocycles. The molecular formula is C13H13F2NO. The highest BCUT2D eigenvalue weighted by Gasteiger charge is 2.11. The zero-order chi connectivity index (χ0) is 12.3. The van der Waals surface area contributed by atoms with E-state index in [0.29, 0.717) is 13.0 Å². The van der Waals surface area contributed by atoms with Crippen molar-refractivity contribution in [2.75, 3.05) is 6.54 Å². The molecule has 0 radical (unpaired) electrons. The molecule has 0 saturated heterocycles. The third-order valence-electron chi connectivity index (χ3n) is 2.61. The second kappa shape index (κ2) is 5.10. The number of nitrogens with two attached hydrogens (primary N) is 1. The molecule has 4 heteroatoms. The maximum absolute atomic E-state index is 12.3. The normalized spacial score (nSPS) is 11.1. The Morgan fingerprint density at radius 3 is 2.59 bits per heavy atom. The van der Waals surface area contributed by atoms with E-state index in [1.165, 1.54) is 0 Å². The predicted octanol–water partition coefficient (Wildman–Crippen LogP) is 2.94. The van der Waals surface area contributed by atoms with E-state index in [-0.39, 0.29) is 5.75 Å². The Morgan fingerprint density at radius 1 is 1.12 bits per heavy atom. The summed E-state index contributed by atoms with van der Waals surface area (Å²) in [4.78, 5) is 0. The zero-order valence-electron chi connectivity index (χ0n) is 9.20. The average molecular weight is 237 g/mol. The topological polar surface area (TPSA) is 35.2 Å². The third-order valence-corrected chi connectivity index (χ3v) is 2.61. The summed E-state index contributed by atoms with van der Waals surface area (Å²) in [5, 5.41) is 1.91. The van der Waals surface area contributed by atoms with E-state index in [4.69, 9.17) is 5.73 Å². The van der Waals surface area contributed by atoms with E-state index in [1.54, 1.807) is 12.1 Å². The standard InChI is InChI=1S/C13H13F2NO/c14-13(15)17-12-6-5-9-3-1-2-4-10(9)11(12)7-8-16/h1-6,13H,7-8,16H2. The average Bonchev–Trinajstić information content (AvgIpc) is 2.32. The molecule has 0 aliphatic rings. The quantitative estimate of drug-likeness (QED) is 0.887. The molecule has 90 valence electrons. The number of hydrogen-bond donors (Lipinski definition) is 1. The van der Waals surface area contributed by atoms with E-state index in [1.807, 2.05) is 24.3 Å². The molecule has 0 fully saturated rings. The number of rotatable bonds is 4. The monoisotopic (exact) mass is 237 g/mol. The number of benzene rings is 2. The van der Waals surface area contributed by atoms with Crippen molar-refractivity contribution in [3.8, 4) is 5.75 Å². The fourth-order valence-corrected chi connectivity index (χ4v) is 1.92. The van der Waals surface area contributed by atoms with Crippen molar-refractivity contribution < 1.29 is 13.5 Å². The Balaban J connectivity index is 2.55. The molecule has 2 N–H and O–H groups in total. The van der Waals surface area contributed by atoms with E-state index >= 15 is 0 Å². The highest BCUT2D eigenvalue weighted by Crippen LogP contribution is 2.29. The summed E-state index contributed by atoms with van der Waals surface area (Å²) in [5.74, 6) is 0.212. The number of fused-ring (bicyclic) bond motifs is 1.